The molecule has 11 nitrogen and oxygen atoms in total. The lowest BCUT2D eigenvalue weighted by Gasteiger charge is -2.52. The molecule has 3 heterocycles. The third-order valence-electron chi connectivity index (χ3n) is 7.71. The minimum Gasteiger partial charge on any atom is -0.377 e. The molecule has 0 saturated carbocycles. The smallest absolute Gasteiger partial charge is 0.321 e. The van der Waals surface area contributed by atoms with Crippen LogP contribution in [-0.2, 0) is 29.9 Å². The maximum Gasteiger partial charge on any atom is 0.321 e. The number of nitrogens with zero attached hydrogens (tertiary/aromatic N) is 5. The van der Waals surface area contributed by atoms with Gasteiger partial charge in [0.05, 0.1) is 24.6 Å². The van der Waals surface area contributed by atoms with Gasteiger partial charge in [0.25, 0.3) is 11.8 Å². The number of nitrogens with one attached hydrogen (secondary N) is 2. The Bertz CT molecular complexity index is 1440. The van der Waals surface area contributed by atoms with Gasteiger partial charge in [0, 0.05) is 65.6 Å². The summed E-state index contributed by atoms with van der Waals surface area (Å²) >= 11 is 0. The van der Waals surface area contributed by atoms with Crippen molar-refractivity contribution in [2.75, 3.05) is 53.3 Å². The molecule has 0 radical (unpaired) electrons. The topological polar surface area (TPSA) is 112 Å². The van der Waals surface area contributed by atoms with Crippen LogP contribution >= 0.6 is 0 Å². The molecule has 0 atom stereocenters. The average Bonchev–Trinajstić information content (AvgIpc) is 3.28. The van der Waals surface area contributed by atoms with E-state index >= 15 is 0 Å². The molecule has 1 fully saturated rings. The number of anilines is 1. The largest absolute Gasteiger partial charge is 0.377 e. The van der Waals surface area contributed by atoms with Gasteiger partial charge in [0.2, 0.25) is 0 Å². The number of fused-ring (bicyclic) bond motifs is 2. The molecule has 0 aliphatic carbocycles. The van der Waals surface area contributed by atoms with Crippen LogP contribution in [0.3, 0.4) is 0 Å². The molecule has 1 saturated heterocycles. The van der Waals surface area contributed by atoms with Crippen LogP contribution in [0.15, 0.2) is 48.5 Å². The molecule has 2 aliphatic heterocycles. The van der Waals surface area contributed by atoms with Gasteiger partial charge in [-0.1, -0.05) is 24.3 Å². The maximum absolute atomic E-state index is 13.3. The summed E-state index contributed by atoms with van der Waals surface area (Å²) in [6.45, 7) is 5.45. The molecule has 41 heavy (non-hydrogen) atoms. The Morgan fingerprint density at radius 3 is 2.17 bits per heavy atom. The van der Waals surface area contributed by atoms with Crippen LogP contribution in [0.25, 0.3) is 0 Å². The molecule has 3 aromatic rings. The van der Waals surface area contributed by atoms with E-state index in [1.807, 2.05) is 60.0 Å². The van der Waals surface area contributed by atoms with Gasteiger partial charge >= 0.3 is 6.03 Å². The van der Waals surface area contributed by atoms with Gasteiger partial charge in [-0.05, 0) is 42.3 Å². The van der Waals surface area contributed by atoms with Gasteiger partial charge in [-0.25, -0.2) is 9.78 Å². The van der Waals surface area contributed by atoms with E-state index < -0.39 is 0 Å². The second kappa shape index (κ2) is 11.3. The highest BCUT2D eigenvalue weighted by Crippen LogP contribution is 2.42. The molecule has 1 spiro atoms. The standard InChI is InChI=1S/C30H37N7O4/c1-20-25-30(18-41-19-30)36(17-22-6-10-23(11-7-22)28(39)34(2)3)14-15-37(25)26(32-20)27(38)31-16-21-8-12-24(13-9-21)33-29(40)35(4)5/h6-13H,14-19H2,1-5H3,(H,31,38)(H,33,40). The Morgan fingerprint density at radius 2 is 1.59 bits per heavy atom. The number of amides is 4. The third kappa shape index (κ3) is 5.55. The van der Waals surface area contributed by atoms with Gasteiger partial charge in [0.1, 0.15) is 5.54 Å². The highest BCUT2D eigenvalue weighted by atomic mass is 16.5. The Kier molecular flexibility index (Phi) is 7.83. The molecular formula is C30H37N7O4. The summed E-state index contributed by atoms with van der Waals surface area (Å²) < 4.78 is 7.78. The van der Waals surface area contributed by atoms with E-state index in [0.29, 0.717) is 49.9 Å². The van der Waals surface area contributed by atoms with Crippen molar-refractivity contribution in [1.29, 1.82) is 0 Å². The molecule has 4 amide bonds. The minimum absolute atomic E-state index is 0.0192. The van der Waals surface area contributed by atoms with Gasteiger partial charge in [0.15, 0.2) is 5.82 Å². The van der Waals surface area contributed by atoms with Gasteiger partial charge in [-0.2, -0.15) is 0 Å². The lowest BCUT2D eigenvalue weighted by atomic mass is 9.86. The van der Waals surface area contributed by atoms with Crippen LogP contribution in [0.2, 0.25) is 0 Å². The Labute approximate surface area is 240 Å². The SMILES string of the molecule is Cc1nc(C(=O)NCc2ccc(NC(=O)N(C)C)cc2)n2c1C1(COC1)N(Cc1ccc(C(=O)N(C)C)cc1)CC2. The van der Waals surface area contributed by atoms with Gasteiger partial charge < -0.3 is 29.7 Å². The first-order valence-electron chi connectivity index (χ1n) is 13.7. The minimum atomic E-state index is -0.348. The fourth-order valence-corrected chi connectivity index (χ4v) is 5.42. The number of imidazole rings is 1. The van der Waals surface area contributed by atoms with Gasteiger partial charge in [-0.3, -0.25) is 14.5 Å². The molecule has 1 aromatic heterocycles. The number of ether oxygens (including phenoxy) is 1. The van der Waals surface area contributed by atoms with Crippen molar-refractivity contribution >= 4 is 23.5 Å². The third-order valence-corrected chi connectivity index (χ3v) is 7.71. The van der Waals surface area contributed by atoms with E-state index in [1.165, 1.54) is 4.90 Å². The van der Waals surface area contributed by atoms with Crippen molar-refractivity contribution < 1.29 is 19.1 Å². The number of carbonyl (C=O) groups excluding carboxylic acids is 3. The van der Waals surface area contributed by atoms with Crippen LogP contribution < -0.4 is 10.6 Å². The summed E-state index contributed by atoms with van der Waals surface area (Å²) in [5.41, 5.74) is 4.89. The highest BCUT2D eigenvalue weighted by Gasteiger charge is 2.51. The van der Waals surface area contributed by atoms with E-state index in [4.69, 9.17) is 9.72 Å². The van der Waals surface area contributed by atoms with Crippen LogP contribution in [0.1, 0.15) is 43.5 Å². The second-order valence-corrected chi connectivity index (χ2v) is 11.1. The van der Waals surface area contributed by atoms with Crippen molar-refractivity contribution in [3.05, 3.63) is 82.4 Å². The molecule has 11 heteroatoms. The van der Waals surface area contributed by atoms with Crippen LogP contribution in [-0.4, -0.2) is 90.0 Å². The average molecular weight is 560 g/mol. The fraction of sp³-hybridized carbons (Fsp3) is 0.400. The van der Waals surface area contributed by atoms with Crippen LogP contribution in [0.4, 0.5) is 10.5 Å². The van der Waals surface area contributed by atoms with Gasteiger partial charge in [-0.15, -0.1) is 0 Å². The first kappa shape index (κ1) is 28.3. The summed E-state index contributed by atoms with van der Waals surface area (Å²) in [4.78, 5) is 47.6. The zero-order chi connectivity index (χ0) is 29.3. The molecular weight excluding hydrogens is 522 g/mol. The summed E-state index contributed by atoms with van der Waals surface area (Å²) in [5, 5.41) is 5.80. The van der Waals surface area contributed by atoms with E-state index in [1.54, 1.807) is 33.1 Å². The van der Waals surface area contributed by atoms with Crippen molar-refractivity contribution in [2.45, 2.75) is 32.1 Å². The van der Waals surface area contributed by atoms with Crippen molar-refractivity contribution in [1.82, 2.24) is 29.6 Å². The molecule has 5 rings (SSSR count). The number of carbonyl (C=O) groups is 3. The number of urea groups is 1. The predicted octanol–water partition coefficient (Wildman–Crippen LogP) is 2.66. The molecule has 216 valence electrons. The van der Waals surface area contributed by atoms with E-state index in [2.05, 4.69) is 15.5 Å². The molecule has 0 bridgehead atoms. The first-order valence-corrected chi connectivity index (χ1v) is 13.7. The highest BCUT2D eigenvalue weighted by molar-refractivity contribution is 5.94. The Balaban J connectivity index is 1.28. The number of aromatic nitrogens is 2. The van der Waals surface area contributed by atoms with Crippen LogP contribution in [0, 0.1) is 6.92 Å². The Hall–Kier alpha value is -4.22. The summed E-state index contributed by atoms with van der Waals surface area (Å²) in [6.07, 6.45) is 0. The second-order valence-electron chi connectivity index (χ2n) is 11.1. The normalized spacial score (nSPS) is 15.5. The number of rotatable bonds is 7. The predicted molar refractivity (Wildman–Crippen MR) is 155 cm³/mol. The maximum atomic E-state index is 13.3. The summed E-state index contributed by atoms with van der Waals surface area (Å²) in [7, 11) is 6.86. The lowest BCUT2D eigenvalue weighted by molar-refractivity contribution is -0.163. The van der Waals surface area contributed by atoms with E-state index in [0.717, 1.165) is 29.1 Å². The monoisotopic (exact) mass is 559 g/mol. The number of hydrogen-bond acceptors (Lipinski definition) is 6. The summed E-state index contributed by atoms with van der Waals surface area (Å²) in [6, 6.07) is 14.9. The number of hydrogen-bond donors (Lipinski definition) is 2. The molecule has 2 aliphatic rings. The van der Waals surface area contributed by atoms with E-state index in [9.17, 15) is 14.4 Å². The zero-order valence-corrected chi connectivity index (χ0v) is 24.2. The molecule has 2 aromatic carbocycles. The molecule has 2 N–H and O–H groups in total. The summed E-state index contributed by atoms with van der Waals surface area (Å²) in [5.74, 6) is 0.161. The first-order chi connectivity index (χ1) is 19.6. The fourth-order valence-electron chi connectivity index (χ4n) is 5.42. The Morgan fingerprint density at radius 1 is 0.927 bits per heavy atom. The van der Waals surface area contributed by atoms with Crippen molar-refractivity contribution in [2.24, 2.45) is 0 Å². The van der Waals surface area contributed by atoms with E-state index in [-0.39, 0.29) is 23.4 Å². The van der Waals surface area contributed by atoms with Crippen molar-refractivity contribution in [3.8, 4) is 0 Å². The molecule has 0 unspecified atom stereocenters. The van der Waals surface area contributed by atoms with Crippen molar-refractivity contribution in [3.63, 3.8) is 0 Å². The quantitative estimate of drug-likeness (QED) is 0.461. The number of aryl methyl sites for hydroxylation is 1. The number of benzene rings is 2. The zero-order valence-electron chi connectivity index (χ0n) is 24.2. The lowest BCUT2D eigenvalue weighted by Crippen LogP contribution is -2.63. The van der Waals surface area contributed by atoms with Crippen LogP contribution in [0.5, 0.6) is 0 Å².